The molecule has 0 amide bonds. The monoisotopic (exact) mass is 226 g/mol. The van der Waals surface area contributed by atoms with Gasteiger partial charge in [0, 0.05) is 23.7 Å². The van der Waals surface area contributed by atoms with Gasteiger partial charge in [0.25, 0.3) is 0 Å². The molecule has 0 aliphatic carbocycles. The van der Waals surface area contributed by atoms with Crippen LogP contribution in [-0.4, -0.2) is 30.5 Å². The van der Waals surface area contributed by atoms with E-state index in [1.54, 1.807) is 11.8 Å². The topological polar surface area (TPSA) is 34.1 Å². The van der Waals surface area contributed by atoms with Gasteiger partial charge in [-0.3, -0.25) is 0 Å². The maximum Gasteiger partial charge on any atom is 0.126 e. The number of nitrogens with one attached hydrogen (secondary N) is 1. The zero-order chi connectivity index (χ0) is 11.1. The average Bonchev–Trinajstić information content (AvgIpc) is 2.27. The number of thioether (sulfide) groups is 1. The third-order valence-corrected chi connectivity index (χ3v) is 2.65. The van der Waals surface area contributed by atoms with Crippen LogP contribution in [0.15, 0.2) is 23.2 Å². The van der Waals surface area contributed by atoms with Gasteiger partial charge >= 0.3 is 0 Å². The smallest absolute Gasteiger partial charge is 0.126 e. The number of nitrogens with zero attached hydrogens (tertiary/aromatic N) is 1. The van der Waals surface area contributed by atoms with Crippen molar-refractivity contribution in [3.8, 4) is 0 Å². The largest absolute Gasteiger partial charge is 0.380 e. The molecule has 0 aliphatic rings. The first-order chi connectivity index (χ1) is 7.26. The van der Waals surface area contributed by atoms with Crippen LogP contribution in [-0.2, 0) is 4.74 Å². The summed E-state index contributed by atoms with van der Waals surface area (Å²) in [4.78, 5) is 5.49. The molecule has 0 spiro atoms. The minimum atomic E-state index is 0.289. The van der Waals surface area contributed by atoms with Crippen molar-refractivity contribution in [3.05, 3.63) is 18.3 Å². The fourth-order valence-electron chi connectivity index (χ4n) is 1.18. The van der Waals surface area contributed by atoms with Gasteiger partial charge in [0.2, 0.25) is 0 Å². The minimum absolute atomic E-state index is 0.289. The Labute approximate surface area is 95.6 Å². The zero-order valence-corrected chi connectivity index (χ0v) is 10.3. The summed E-state index contributed by atoms with van der Waals surface area (Å²) in [6, 6.07) is 4.35. The number of aromatic nitrogens is 1. The van der Waals surface area contributed by atoms with Crippen LogP contribution in [0, 0.1) is 0 Å². The number of anilines is 1. The Hall–Kier alpha value is -0.740. The number of ether oxygens (including phenoxy) is 1. The van der Waals surface area contributed by atoms with Crippen LogP contribution >= 0.6 is 11.8 Å². The van der Waals surface area contributed by atoms with E-state index in [-0.39, 0.29) is 6.04 Å². The van der Waals surface area contributed by atoms with E-state index >= 15 is 0 Å². The quantitative estimate of drug-likeness (QED) is 0.756. The Kier molecular flexibility index (Phi) is 5.50. The van der Waals surface area contributed by atoms with Crippen LogP contribution in [0.1, 0.15) is 13.8 Å². The highest BCUT2D eigenvalue weighted by molar-refractivity contribution is 7.98. The fraction of sp³-hybridized carbons (Fsp3) is 0.545. The standard InChI is InChI=1S/C11H18N2OS/c1-4-14-8-9(2)13-11-6-5-10(15-3)7-12-11/h5-7,9H,4,8H2,1-3H3,(H,12,13). The molecule has 1 rings (SSSR count). The van der Waals surface area contributed by atoms with Gasteiger partial charge in [-0.05, 0) is 32.2 Å². The van der Waals surface area contributed by atoms with Crippen molar-refractivity contribution < 1.29 is 4.74 Å². The number of hydrogen-bond acceptors (Lipinski definition) is 4. The highest BCUT2D eigenvalue weighted by Gasteiger charge is 2.02. The molecule has 1 N–H and O–H groups in total. The third kappa shape index (κ3) is 4.53. The molecule has 0 aliphatic heterocycles. The maximum absolute atomic E-state index is 5.32. The predicted octanol–water partition coefficient (Wildman–Crippen LogP) is 2.64. The molecule has 1 aromatic heterocycles. The van der Waals surface area contributed by atoms with Crippen molar-refractivity contribution in [2.24, 2.45) is 0 Å². The number of pyridine rings is 1. The summed E-state index contributed by atoms with van der Waals surface area (Å²) < 4.78 is 5.32. The molecule has 0 saturated heterocycles. The lowest BCUT2D eigenvalue weighted by atomic mass is 10.3. The van der Waals surface area contributed by atoms with Crippen molar-refractivity contribution in [2.75, 3.05) is 24.8 Å². The molecule has 0 saturated carbocycles. The van der Waals surface area contributed by atoms with Gasteiger partial charge in [-0.25, -0.2) is 4.98 Å². The Morgan fingerprint density at radius 1 is 1.53 bits per heavy atom. The first-order valence-corrected chi connectivity index (χ1v) is 6.33. The maximum atomic E-state index is 5.32. The number of hydrogen-bond donors (Lipinski definition) is 1. The van der Waals surface area contributed by atoms with E-state index in [4.69, 9.17) is 4.74 Å². The lowest BCUT2D eigenvalue weighted by Gasteiger charge is -2.14. The lowest BCUT2D eigenvalue weighted by Crippen LogP contribution is -2.22. The van der Waals surface area contributed by atoms with Crippen molar-refractivity contribution in [1.29, 1.82) is 0 Å². The van der Waals surface area contributed by atoms with Gasteiger partial charge in [-0.2, -0.15) is 0 Å². The van der Waals surface area contributed by atoms with E-state index in [0.29, 0.717) is 6.61 Å². The molecule has 1 aromatic rings. The summed E-state index contributed by atoms with van der Waals surface area (Å²) in [5.74, 6) is 0.903. The van der Waals surface area contributed by atoms with Gasteiger partial charge in [0.05, 0.1) is 6.61 Å². The van der Waals surface area contributed by atoms with Crippen molar-refractivity contribution in [3.63, 3.8) is 0 Å². The zero-order valence-electron chi connectivity index (χ0n) is 9.49. The van der Waals surface area contributed by atoms with Crippen molar-refractivity contribution in [1.82, 2.24) is 4.98 Å². The highest BCUT2D eigenvalue weighted by atomic mass is 32.2. The van der Waals surface area contributed by atoms with Gasteiger partial charge < -0.3 is 10.1 Å². The van der Waals surface area contributed by atoms with Gasteiger partial charge in [0.15, 0.2) is 0 Å². The molecule has 15 heavy (non-hydrogen) atoms. The molecule has 0 fully saturated rings. The highest BCUT2D eigenvalue weighted by Crippen LogP contribution is 2.14. The minimum Gasteiger partial charge on any atom is -0.380 e. The van der Waals surface area contributed by atoms with Crippen LogP contribution in [0.4, 0.5) is 5.82 Å². The van der Waals surface area contributed by atoms with Gasteiger partial charge in [0.1, 0.15) is 5.82 Å². The summed E-state index contributed by atoms with van der Waals surface area (Å²) in [6.07, 6.45) is 3.92. The van der Waals surface area contributed by atoms with Crippen LogP contribution in [0.2, 0.25) is 0 Å². The molecular formula is C11H18N2OS. The molecule has 0 radical (unpaired) electrons. The summed E-state index contributed by atoms with van der Waals surface area (Å²) >= 11 is 1.70. The van der Waals surface area contributed by atoms with Crippen LogP contribution in [0.25, 0.3) is 0 Å². The van der Waals surface area contributed by atoms with E-state index < -0.39 is 0 Å². The second-order valence-electron chi connectivity index (χ2n) is 3.29. The SMILES string of the molecule is CCOCC(C)Nc1ccc(SC)cn1. The molecule has 1 unspecified atom stereocenters. The molecule has 84 valence electrons. The Bertz CT molecular complexity index is 276. The second kappa shape index (κ2) is 6.69. The van der Waals surface area contributed by atoms with E-state index in [1.807, 2.05) is 25.4 Å². The first-order valence-electron chi connectivity index (χ1n) is 5.10. The molecule has 1 atom stereocenters. The lowest BCUT2D eigenvalue weighted by molar-refractivity contribution is 0.141. The van der Waals surface area contributed by atoms with Crippen molar-refractivity contribution in [2.45, 2.75) is 24.8 Å². The molecule has 3 nitrogen and oxygen atoms in total. The van der Waals surface area contributed by atoms with E-state index in [1.165, 1.54) is 4.90 Å². The summed E-state index contributed by atoms with van der Waals surface area (Å²) in [6.45, 7) is 5.55. The number of rotatable bonds is 6. The Morgan fingerprint density at radius 2 is 2.33 bits per heavy atom. The fourth-order valence-corrected chi connectivity index (χ4v) is 1.54. The van der Waals surface area contributed by atoms with Crippen LogP contribution < -0.4 is 5.32 Å². The first kappa shape index (κ1) is 12.3. The van der Waals surface area contributed by atoms with Crippen molar-refractivity contribution >= 4 is 17.6 Å². The Balaban J connectivity index is 2.42. The van der Waals surface area contributed by atoms with Crippen LogP contribution in [0.3, 0.4) is 0 Å². The Morgan fingerprint density at radius 3 is 2.87 bits per heavy atom. The third-order valence-electron chi connectivity index (χ3n) is 1.94. The predicted molar refractivity (Wildman–Crippen MR) is 65.6 cm³/mol. The van der Waals surface area contributed by atoms with Gasteiger partial charge in [-0.1, -0.05) is 0 Å². The molecule has 0 bridgehead atoms. The molecule has 4 heteroatoms. The summed E-state index contributed by atoms with van der Waals surface area (Å²) in [7, 11) is 0. The molecular weight excluding hydrogens is 208 g/mol. The normalized spacial score (nSPS) is 12.5. The van der Waals surface area contributed by atoms with E-state index in [0.717, 1.165) is 12.4 Å². The van der Waals surface area contributed by atoms with Crippen LogP contribution in [0.5, 0.6) is 0 Å². The average molecular weight is 226 g/mol. The summed E-state index contributed by atoms with van der Waals surface area (Å²) in [5.41, 5.74) is 0. The summed E-state index contributed by atoms with van der Waals surface area (Å²) in [5, 5.41) is 3.28. The second-order valence-corrected chi connectivity index (χ2v) is 4.17. The molecule has 0 aromatic carbocycles. The van der Waals surface area contributed by atoms with E-state index in [9.17, 15) is 0 Å². The van der Waals surface area contributed by atoms with Gasteiger partial charge in [-0.15, -0.1) is 11.8 Å². The van der Waals surface area contributed by atoms with E-state index in [2.05, 4.69) is 23.3 Å². The molecule has 1 heterocycles.